The summed E-state index contributed by atoms with van der Waals surface area (Å²) >= 11 is 1.91. The smallest absolute Gasteiger partial charge is 0.141 e. The number of likely N-dealkylation sites (N-methyl/N-ethyl adjacent to an activating group) is 1. The molecule has 124 valence electrons. The Morgan fingerprint density at radius 3 is 2.87 bits per heavy atom. The van der Waals surface area contributed by atoms with Crippen LogP contribution in [-0.2, 0) is 12.8 Å². The van der Waals surface area contributed by atoms with Crippen LogP contribution in [0.2, 0.25) is 0 Å². The lowest BCUT2D eigenvalue weighted by molar-refractivity contribution is 0.360. The van der Waals surface area contributed by atoms with Gasteiger partial charge in [-0.2, -0.15) is 0 Å². The lowest BCUT2D eigenvalue weighted by atomic mass is 9.89. The Labute approximate surface area is 142 Å². The first-order valence-electron chi connectivity index (χ1n) is 8.84. The van der Waals surface area contributed by atoms with E-state index in [1.807, 2.05) is 18.3 Å². The summed E-state index contributed by atoms with van der Waals surface area (Å²) in [6, 6.07) is 0. The predicted octanol–water partition coefficient (Wildman–Crippen LogP) is 3.27. The third-order valence-corrected chi connectivity index (χ3v) is 6.42. The zero-order valence-corrected chi connectivity index (χ0v) is 15.2. The van der Waals surface area contributed by atoms with Crippen molar-refractivity contribution >= 4 is 27.4 Å². The van der Waals surface area contributed by atoms with Gasteiger partial charge in [-0.15, -0.1) is 11.3 Å². The van der Waals surface area contributed by atoms with Gasteiger partial charge >= 0.3 is 0 Å². The van der Waals surface area contributed by atoms with E-state index in [9.17, 15) is 0 Å². The minimum absolute atomic E-state index is 0.805. The lowest BCUT2D eigenvalue weighted by Gasteiger charge is -2.24. The van der Waals surface area contributed by atoms with Crippen molar-refractivity contribution in [2.45, 2.75) is 39.5 Å². The van der Waals surface area contributed by atoms with Crippen molar-refractivity contribution in [3.05, 3.63) is 16.3 Å². The van der Waals surface area contributed by atoms with Crippen LogP contribution in [0.3, 0.4) is 0 Å². The molecule has 1 atom stereocenters. The van der Waals surface area contributed by atoms with Crippen molar-refractivity contribution in [2.75, 3.05) is 38.1 Å². The Bertz CT molecular complexity index is 723. The van der Waals surface area contributed by atoms with E-state index in [-0.39, 0.29) is 0 Å². The molecule has 4 rings (SSSR count). The molecule has 1 aliphatic heterocycles. The van der Waals surface area contributed by atoms with Gasteiger partial charge < -0.3 is 9.80 Å². The molecule has 2 aromatic heterocycles. The van der Waals surface area contributed by atoms with Gasteiger partial charge in [-0.3, -0.25) is 0 Å². The topological polar surface area (TPSA) is 32.3 Å². The molecule has 0 amide bonds. The molecular weight excluding hydrogens is 304 g/mol. The van der Waals surface area contributed by atoms with Gasteiger partial charge in [0.25, 0.3) is 0 Å². The molecule has 1 fully saturated rings. The summed E-state index contributed by atoms with van der Waals surface area (Å²) in [5, 5.41) is 1.37. The largest absolute Gasteiger partial charge is 0.355 e. The number of aromatic nitrogens is 2. The van der Waals surface area contributed by atoms with E-state index < -0.39 is 0 Å². The van der Waals surface area contributed by atoms with Crippen molar-refractivity contribution in [1.29, 1.82) is 0 Å². The standard InChI is InChI=1S/C18H26N4S/c1-12-5-6-14-15(11-12)23-18-16(14)17(19-13(2)20-18)22-8-4-7-21(3)9-10-22/h12H,4-11H2,1-3H3/t12-/m0/s1. The van der Waals surface area contributed by atoms with Crippen LogP contribution < -0.4 is 4.90 Å². The van der Waals surface area contributed by atoms with Gasteiger partial charge in [-0.05, 0) is 57.7 Å². The molecular formula is C18H26N4S. The number of hydrogen-bond donors (Lipinski definition) is 0. The Morgan fingerprint density at radius 2 is 2.00 bits per heavy atom. The summed E-state index contributed by atoms with van der Waals surface area (Å²) < 4.78 is 0. The third-order valence-electron chi connectivity index (χ3n) is 5.27. The fourth-order valence-corrected chi connectivity index (χ4v) is 5.34. The van der Waals surface area contributed by atoms with Crippen LogP contribution in [0.25, 0.3) is 10.2 Å². The first-order valence-corrected chi connectivity index (χ1v) is 9.66. The first-order chi connectivity index (χ1) is 11.1. The monoisotopic (exact) mass is 330 g/mol. The summed E-state index contributed by atoms with van der Waals surface area (Å²) in [5.74, 6) is 2.92. The average molecular weight is 331 g/mol. The Morgan fingerprint density at radius 1 is 1.13 bits per heavy atom. The van der Waals surface area contributed by atoms with Crippen LogP contribution in [0.4, 0.5) is 5.82 Å². The number of nitrogens with zero attached hydrogens (tertiary/aromatic N) is 4. The van der Waals surface area contributed by atoms with Crippen LogP contribution >= 0.6 is 11.3 Å². The van der Waals surface area contributed by atoms with Crippen molar-refractivity contribution < 1.29 is 0 Å². The van der Waals surface area contributed by atoms with Gasteiger partial charge in [0.2, 0.25) is 0 Å². The Hall–Kier alpha value is -1.20. The highest BCUT2D eigenvalue weighted by Gasteiger charge is 2.26. The summed E-state index contributed by atoms with van der Waals surface area (Å²) in [4.78, 5) is 17.4. The van der Waals surface area contributed by atoms with Crippen LogP contribution in [0.1, 0.15) is 36.0 Å². The van der Waals surface area contributed by atoms with E-state index in [1.54, 1.807) is 10.4 Å². The molecule has 3 heterocycles. The molecule has 0 unspecified atom stereocenters. The van der Waals surface area contributed by atoms with Crippen molar-refractivity contribution in [3.8, 4) is 0 Å². The Kier molecular flexibility index (Phi) is 4.01. The van der Waals surface area contributed by atoms with Crippen molar-refractivity contribution in [3.63, 3.8) is 0 Å². The molecule has 0 N–H and O–H groups in total. The second kappa shape index (κ2) is 6.02. The molecule has 23 heavy (non-hydrogen) atoms. The van der Waals surface area contributed by atoms with Crippen LogP contribution in [-0.4, -0.2) is 48.1 Å². The minimum atomic E-state index is 0.805. The highest BCUT2D eigenvalue weighted by atomic mass is 32.1. The van der Waals surface area contributed by atoms with E-state index in [0.717, 1.165) is 31.4 Å². The zero-order chi connectivity index (χ0) is 16.0. The molecule has 1 saturated heterocycles. The van der Waals surface area contributed by atoms with Crippen molar-refractivity contribution in [1.82, 2.24) is 14.9 Å². The number of hydrogen-bond acceptors (Lipinski definition) is 5. The van der Waals surface area contributed by atoms with Gasteiger partial charge in [0.1, 0.15) is 16.5 Å². The van der Waals surface area contributed by atoms with Gasteiger partial charge in [-0.25, -0.2) is 9.97 Å². The maximum absolute atomic E-state index is 4.89. The van der Waals surface area contributed by atoms with Gasteiger partial charge in [-0.1, -0.05) is 6.92 Å². The summed E-state index contributed by atoms with van der Waals surface area (Å²) in [5.41, 5.74) is 1.55. The molecule has 5 heteroatoms. The molecule has 0 radical (unpaired) electrons. The molecule has 0 saturated carbocycles. The van der Waals surface area contributed by atoms with Crippen LogP contribution in [0, 0.1) is 12.8 Å². The lowest BCUT2D eigenvalue weighted by Crippen LogP contribution is -2.30. The number of fused-ring (bicyclic) bond motifs is 3. The highest BCUT2D eigenvalue weighted by molar-refractivity contribution is 7.19. The van der Waals surface area contributed by atoms with E-state index >= 15 is 0 Å². The maximum Gasteiger partial charge on any atom is 0.141 e. The molecule has 0 aromatic carbocycles. The van der Waals surface area contributed by atoms with E-state index in [4.69, 9.17) is 9.97 Å². The van der Waals surface area contributed by atoms with Crippen LogP contribution in [0.5, 0.6) is 0 Å². The molecule has 4 nitrogen and oxygen atoms in total. The Balaban J connectivity index is 1.82. The van der Waals surface area contributed by atoms with Crippen molar-refractivity contribution in [2.24, 2.45) is 5.92 Å². The summed E-state index contributed by atoms with van der Waals surface area (Å²) in [6.45, 7) is 8.89. The summed E-state index contributed by atoms with van der Waals surface area (Å²) in [7, 11) is 2.22. The van der Waals surface area contributed by atoms with Crippen LogP contribution in [0.15, 0.2) is 0 Å². The summed E-state index contributed by atoms with van der Waals surface area (Å²) in [6.07, 6.45) is 4.93. The molecule has 1 aliphatic carbocycles. The minimum Gasteiger partial charge on any atom is -0.355 e. The van der Waals surface area contributed by atoms with E-state index in [2.05, 4.69) is 23.8 Å². The fraction of sp³-hybridized carbons (Fsp3) is 0.667. The number of anilines is 1. The number of thiophene rings is 1. The zero-order valence-electron chi connectivity index (χ0n) is 14.4. The first kappa shape index (κ1) is 15.3. The SMILES string of the molecule is Cc1nc(N2CCCN(C)CC2)c2c3c(sc2n1)C[C@@H](C)CC3. The van der Waals surface area contributed by atoms with Gasteiger partial charge in [0.15, 0.2) is 0 Å². The molecule has 0 bridgehead atoms. The second-order valence-corrected chi connectivity index (χ2v) is 8.35. The van der Waals surface area contributed by atoms with Gasteiger partial charge in [0, 0.05) is 24.5 Å². The molecule has 0 spiro atoms. The third kappa shape index (κ3) is 2.85. The quantitative estimate of drug-likeness (QED) is 0.803. The van der Waals surface area contributed by atoms with E-state index in [1.165, 1.54) is 48.3 Å². The predicted molar refractivity (Wildman–Crippen MR) is 97.7 cm³/mol. The average Bonchev–Trinajstić information content (AvgIpc) is 2.71. The number of aryl methyl sites for hydroxylation is 2. The maximum atomic E-state index is 4.89. The number of rotatable bonds is 1. The molecule has 2 aliphatic rings. The fourth-order valence-electron chi connectivity index (χ4n) is 3.91. The normalized spacial score (nSPS) is 23.1. The van der Waals surface area contributed by atoms with Gasteiger partial charge in [0.05, 0.1) is 5.39 Å². The highest BCUT2D eigenvalue weighted by Crippen LogP contribution is 2.41. The molecule has 2 aromatic rings. The second-order valence-electron chi connectivity index (χ2n) is 7.27. The van der Waals surface area contributed by atoms with E-state index in [0.29, 0.717) is 0 Å².